The van der Waals surface area contributed by atoms with Crippen LogP contribution in [0.4, 0.5) is 4.39 Å². The van der Waals surface area contributed by atoms with Gasteiger partial charge in [0.1, 0.15) is 5.82 Å². The van der Waals surface area contributed by atoms with Gasteiger partial charge in [0, 0.05) is 25.3 Å². The van der Waals surface area contributed by atoms with Crippen molar-refractivity contribution in [1.82, 2.24) is 5.32 Å². The number of hydrogen-bond acceptors (Lipinski definition) is 4. The van der Waals surface area contributed by atoms with E-state index in [0.29, 0.717) is 18.7 Å². The summed E-state index contributed by atoms with van der Waals surface area (Å²) in [5.74, 6) is -0.682. The highest BCUT2D eigenvalue weighted by Gasteiger charge is 2.10. The van der Waals surface area contributed by atoms with Gasteiger partial charge in [-0.05, 0) is 25.5 Å². The van der Waals surface area contributed by atoms with Crippen molar-refractivity contribution in [3.63, 3.8) is 0 Å². The first kappa shape index (κ1) is 17.4. The summed E-state index contributed by atoms with van der Waals surface area (Å²) >= 11 is 0. The van der Waals surface area contributed by atoms with Gasteiger partial charge in [0.15, 0.2) is 5.84 Å². The molecule has 4 N–H and O–H groups in total. The number of halogens is 1. The van der Waals surface area contributed by atoms with Crippen LogP contribution < -0.4 is 11.1 Å². The summed E-state index contributed by atoms with van der Waals surface area (Å²) in [4.78, 5) is 0. The summed E-state index contributed by atoms with van der Waals surface area (Å²) in [5, 5.41) is 14.6. The quantitative estimate of drug-likeness (QED) is 0.203. The van der Waals surface area contributed by atoms with E-state index in [2.05, 4.69) is 17.4 Å². The van der Waals surface area contributed by atoms with Crippen LogP contribution in [0.2, 0.25) is 0 Å². The molecule has 0 saturated carbocycles. The van der Waals surface area contributed by atoms with E-state index in [-0.39, 0.29) is 11.4 Å². The third-order valence-electron chi connectivity index (χ3n) is 3.06. The summed E-state index contributed by atoms with van der Waals surface area (Å²) in [6.45, 7) is 4.78. The maximum absolute atomic E-state index is 14.1. The SMILES string of the molecule is CCCCOCCCNCc1cccc(/C(N)=N/O)c1F. The number of ether oxygens (including phenoxy) is 1. The predicted molar refractivity (Wildman–Crippen MR) is 81.0 cm³/mol. The van der Waals surface area contributed by atoms with Crippen molar-refractivity contribution in [1.29, 1.82) is 0 Å². The second-order valence-electron chi connectivity index (χ2n) is 4.76. The smallest absolute Gasteiger partial charge is 0.173 e. The third-order valence-corrected chi connectivity index (χ3v) is 3.06. The minimum absolute atomic E-state index is 0.111. The number of benzene rings is 1. The van der Waals surface area contributed by atoms with Crippen molar-refractivity contribution in [2.75, 3.05) is 19.8 Å². The van der Waals surface area contributed by atoms with E-state index in [0.717, 1.165) is 32.4 Å². The van der Waals surface area contributed by atoms with Crippen LogP contribution in [-0.2, 0) is 11.3 Å². The molecule has 6 heteroatoms. The lowest BCUT2D eigenvalue weighted by Crippen LogP contribution is -2.20. The van der Waals surface area contributed by atoms with E-state index >= 15 is 0 Å². The normalized spacial score (nSPS) is 11.8. The lowest BCUT2D eigenvalue weighted by molar-refractivity contribution is 0.128. The Morgan fingerprint density at radius 1 is 1.38 bits per heavy atom. The van der Waals surface area contributed by atoms with Crippen molar-refractivity contribution < 1.29 is 14.3 Å². The van der Waals surface area contributed by atoms with Crippen LogP contribution in [-0.4, -0.2) is 30.8 Å². The number of nitrogens with two attached hydrogens (primary N) is 1. The van der Waals surface area contributed by atoms with Crippen LogP contribution in [0.3, 0.4) is 0 Å². The summed E-state index contributed by atoms with van der Waals surface area (Å²) in [5.41, 5.74) is 6.02. The molecule has 0 unspecified atom stereocenters. The van der Waals surface area contributed by atoms with Gasteiger partial charge >= 0.3 is 0 Å². The summed E-state index contributed by atoms with van der Waals surface area (Å²) < 4.78 is 19.5. The molecule has 0 aromatic heterocycles. The van der Waals surface area contributed by atoms with Gasteiger partial charge in [-0.3, -0.25) is 0 Å². The van der Waals surface area contributed by atoms with Gasteiger partial charge in [0.05, 0.1) is 5.56 Å². The first-order valence-electron chi connectivity index (χ1n) is 7.24. The number of oxime groups is 1. The van der Waals surface area contributed by atoms with Crippen LogP contribution in [0.1, 0.15) is 37.3 Å². The van der Waals surface area contributed by atoms with Gasteiger partial charge in [-0.2, -0.15) is 0 Å². The van der Waals surface area contributed by atoms with Crippen molar-refractivity contribution in [3.05, 3.63) is 35.1 Å². The number of nitrogens with one attached hydrogen (secondary N) is 1. The molecule has 0 atom stereocenters. The van der Waals surface area contributed by atoms with Gasteiger partial charge in [0.2, 0.25) is 0 Å². The topological polar surface area (TPSA) is 79.9 Å². The Kier molecular flexibility index (Phi) is 8.38. The average molecular weight is 297 g/mol. The van der Waals surface area contributed by atoms with Crippen LogP contribution in [0.15, 0.2) is 23.4 Å². The van der Waals surface area contributed by atoms with Crippen molar-refractivity contribution in [2.45, 2.75) is 32.7 Å². The fourth-order valence-electron chi connectivity index (χ4n) is 1.84. The van der Waals surface area contributed by atoms with E-state index in [1.165, 1.54) is 6.07 Å². The summed E-state index contributed by atoms with van der Waals surface area (Å²) in [6.07, 6.45) is 3.10. The molecule has 0 radical (unpaired) electrons. The molecule has 0 fully saturated rings. The number of hydrogen-bond donors (Lipinski definition) is 3. The molecule has 0 aliphatic rings. The standard InChI is InChI=1S/C15H24FN3O2/c1-2-3-9-21-10-5-8-18-11-12-6-4-7-13(14(12)16)15(17)19-20/h4,6-7,18,20H,2-3,5,8-11H2,1H3,(H2,17,19). The van der Waals surface area contributed by atoms with E-state index < -0.39 is 5.82 Å². The average Bonchev–Trinajstić information content (AvgIpc) is 2.50. The van der Waals surface area contributed by atoms with Gasteiger partial charge in [-0.1, -0.05) is 30.6 Å². The lowest BCUT2D eigenvalue weighted by atomic mass is 10.1. The van der Waals surface area contributed by atoms with Crippen molar-refractivity contribution >= 4 is 5.84 Å². The first-order valence-corrected chi connectivity index (χ1v) is 7.24. The Morgan fingerprint density at radius 3 is 2.86 bits per heavy atom. The number of unbranched alkanes of at least 4 members (excludes halogenated alkanes) is 1. The highest BCUT2D eigenvalue weighted by molar-refractivity contribution is 5.97. The highest BCUT2D eigenvalue weighted by Crippen LogP contribution is 2.12. The van der Waals surface area contributed by atoms with Gasteiger partial charge in [0.25, 0.3) is 0 Å². The largest absolute Gasteiger partial charge is 0.409 e. The maximum Gasteiger partial charge on any atom is 0.173 e. The second-order valence-corrected chi connectivity index (χ2v) is 4.76. The van der Waals surface area contributed by atoms with E-state index in [1.54, 1.807) is 12.1 Å². The van der Waals surface area contributed by atoms with Crippen LogP contribution in [0.25, 0.3) is 0 Å². The lowest BCUT2D eigenvalue weighted by Gasteiger charge is -2.09. The highest BCUT2D eigenvalue weighted by atomic mass is 19.1. The van der Waals surface area contributed by atoms with Crippen molar-refractivity contribution in [3.8, 4) is 0 Å². The Labute approximate surface area is 125 Å². The Bertz CT molecular complexity index is 453. The molecule has 118 valence electrons. The Hall–Kier alpha value is -1.66. The van der Waals surface area contributed by atoms with Crippen LogP contribution >= 0.6 is 0 Å². The summed E-state index contributed by atoms with van der Waals surface area (Å²) in [6, 6.07) is 4.84. The summed E-state index contributed by atoms with van der Waals surface area (Å²) in [7, 11) is 0. The zero-order chi connectivity index (χ0) is 15.5. The number of amidine groups is 1. The van der Waals surface area contributed by atoms with Crippen molar-refractivity contribution in [2.24, 2.45) is 10.9 Å². The van der Waals surface area contributed by atoms with Gasteiger partial charge in [-0.25, -0.2) is 4.39 Å². The van der Waals surface area contributed by atoms with Crippen LogP contribution in [0.5, 0.6) is 0 Å². The predicted octanol–water partition coefficient (Wildman–Crippen LogP) is 2.22. The molecule has 0 amide bonds. The fourth-order valence-corrected chi connectivity index (χ4v) is 1.84. The molecule has 21 heavy (non-hydrogen) atoms. The number of nitrogens with zero attached hydrogens (tertiary/aromatic N) is 1. The van der Waals surface area contributed by atoms with E-state index in [9.17, 15) is 4.39 Å². The zero-order valence-corrected chi connectivity index (χ0v) is 12.4. The number of rotatable bonds is 10. The Morgan fingerprint density at radius 2 is 2.14 bits per heavy atom. The molecule has 0 spiro atoms. The monoisotopic (exact) mass is 297 g/mol. The molecule has 0 heterocycles. The van der Waals surface area contributed by atoms with E-state index in [1.807, 2.05) is 0 Å². The fraction of sp³-hybridized carbons (Fsp3) is 0.533. The minimum Gasteiger partial charge on any atom is -0.409 e. The molecule has 0 aliphatic heterocycles. The molecule has 0 saturated heterocycles. The Balaban J connectivity index is 2.33. The molecule has 1 rings (SSSR count). The molecule has 0 bridgehead atoms. The molecular weight excluding hydrogens is 273 g/mol. The first-order chi connectivity index (χ1) is 10.2. The van der Waals surface area contributed by atoms with Gasteiger partial charge < -0.3 is 21.0 Å². The molecule has 5 nitrogen and oxygen atoms in total. The van der Waals surface area contributed by atoms with Gasteiger partial charge in [-0.15, -0.1) is 0 Å². The zero-order valence-electron chi connectivity index (χ0n) is 12.4. The minimum atomic E-state index is -0.459. The third kappa shape index (κ3) is 6.10. The van der Waals surface area contributed by atoms with Crippen LogP contribution in [0, 0.1) is 5.82 Å². The molecule has 0 aliphatic carbocycles. The molecular formula is C15H24FN3O2. The molecule has 1 aromatic carbocycles. The second kappa shape index (κ2) is 10.1. The van der Waals surface area contributed by atoms with E-state index in [4.69, 9.17) is 15.7 Å². The molecule has 1 aromatic rings. The maximum atomic E-state index is 14.1.